The van der Waals surface area contributed by atoms with Crippen molar-refractivity contribution >= 4 is 28.4 Å². The molecule has 2 N–H and O–H groups in total. The molecule has 0 bridgehead atoms. The molecule has 0 spiro atoms. The summed E-state index contributed by atoms with van der Waals surface area (Å²) in [7, 11) is 1.65. The van der Waals surface area contributed by atoms with Gasteiger partial charge in [-0.3, -0.25) is 4.79 Å². The Morgan fingerprint density at radius 3 is 2.86 bits per heavy atom. The average molecular weight is 308 g/mol. The Hall–Kier alpha value is -1.69. The van der Waals surface area contributed by atoms with E-state index in [0.29, 0.717) is 35.9 Å². The second-order valence-electron chi connectivity index (χ2n) is 4.53. The van der Waals surface area contributed by atoms with Gasteiger partial charge in [-0.2, -0.15) is 0 Å². The molecule has 0 saturated heterocycles. The zero-order valence-electron chi connectivity index (χ0n) is 11.9. The maximum absolute atomic E-state index is 12.0. The first-order valence-electron chi connectivity index (χ1n) is 6.75. The number of methoxy groups -OCH3 is 1. The van der Waals surface area contributed by atoms with Gasteiger partial charge in [-0.1, -0.05) is 23.7 Å². The molecule has 2 aromatic rings. The number of hydrogen-bond acceptors (Lipinski definition) is 4. The summed E-state index contributed by atoms with van der Waals surface area (Å²) in [5.41, 5.74) is 1.11. The number of ether oxygens (including phenoxy) is 1. The molecule has 0 radical (unpaired) electrons. The molecule has 0 aliphatic carbocycles. The number of carbonyl (C=O) groups excluding carboxylic acids is 1. The van der Waals surface area contributed by atoms with E-state index in [0.717, 1.165) is 11.9 Å². The van der Waals surface area contributed by atoms with E-state index in [1.165, 1.54) is 0 Å². The van der Waals surface area contributed by atoms with Gasteiger partial charge in [0.05, 0.1) is 12.1 Å². The number of benzene rings is 1. The van der Waals surface area contributed by atoms with Crippen molar-refractivity contribution in [2.45, 2.75) is 0 Å². The van der Waals surface area contributed by atoms with E-state index in [2.05, 4.69) is 15.6 Å². The van der Waals surface area contributed by atoms with Crippen molar-refractivity contribution in [2.24, 2.45) is 0 Å². The molecule has 0 fully saturated rings. The third-order valence-electron chi connectivity index (χ3n) is 2.96. The Labute approximate surface area is 128 Å². The number of rotatable bonds is 7. The van der Waals surface area contributed by atoms with Crippen molar-refractivity contribution < 1.29 is 9.53 Å². The number of nitrogens with zero attached hydrogens (tertiary/aromatic N) is 1. The Bertz CT molecular complexity index is 619. The van der Waals surface area contributed by atoms with Crippen LogP contribution in [0.4, 0.5) is 0 Å². The first-order chi connectivity index (χ1) is 10.2. The summed E-state index contributed by atoms with van der Waals surface area (Å²) in [5.74, 6) is -0.189. The fourth-order valence-electron chi connectivity index (χ4n) is 1.87. The van der Waals surface area contributed by atoms with E-state index in [-0.39, 0.29) is 5.91 Å². The second-order valence-corrected chi connectivity index (χ2v) is 4.97. The molecule has 6 heteroatoms. The van der Waals surface area contributed by atoms with Crippen molar-refractivity contribution in [3.05, 3.63) is 41.0 Å². The minimum Gasteiger partial charge on any atom is -0.383 e. The number of halogens is 1. The van der Waals surface area contributed by atoms with Crippen molar-refractivity contribution in [3.8, 4) is 0 Å². The summed E-state index contributed by atoms with van der Waals surface area (Å²) >= 11 is 5.94. The first-order valence-corrected chi connectivity index (χ1v) is 7.12. The van der Waals surface area contributed by atoms with Crippen LogP contribution in [-0.4, -0.2) is 44.2 Å². The SMILES string of the molecule is COCCNCCNC(=O)c1ccc2ccc(Cl)cc2n1. The molecule has 0 aliphatic heterocycles. The highest BCUT2D eigenvalue weighted by Gasteiger charge is 2.07. The van der Waals surface area contributed by atoms with Crippen LogP contribution in [0.1, 0.15) is 10.5 Å². The Kier molecular flexibility index (Phi) is 5.92. The minimum atomic E-state index is -0.189. The van der Waals surface area contributed by atoms with E-state index >= 15 is 0 Å². The smallest absolute Gasteiger partial charge is 0.269 e. The molecule has 1 aromatic carbocycles. The molecule has 1 heterocycles. The number of fused-ring (bicyclic) bond motifs is 1. The molecule has 0 unspecified atom stereocenters. The molecule has 112 valence electrons. The van der Waals surface area contributed by atoms with Gasteiger partial charge in [0.25, 0.3) is 5.91 Å². The Morgan fingerprint density at radius 1 is 1.24 bits per heavy atom. The summed E-state index contributed by atoms with van der Waals surface area (Å²) in [6.45, 7) is 2.65. The molecule has 1 amide bonds. The van der Waals surface area contributed by atoms with E-state index < -0.39 is 0 Å². The third-order valence-corrected chi connectivity index (χ3v) is 3.19. The lowest BCUT2D eigenvalue weighted by Crippen LogP contribution is -2.33. The monoisotopic (exact) mass is 307 g/mol. The molecule has 1 aromatic heterocycles. The summed E-state index contributed by atoms with van der Waals surface area (Å²) in [5, 5.41) is 7.53. The molecular formula is C15H18ClN3O2. The lowest BCUT2D eigenvalue weighted by atomic mass is 10.2. The molecule has 5 nitrogen and oxygen atoms in total. The van der Waals surface area contributed by atoms with Gasteiger partial charge in [0.1, 0.15) is 5.69 Å². The van der Waals surface area contributed by atoms with Crippen molar-refractivity contribution in [1.29, 1.82) is 0 Å². The quantitative estimate of drug-likeness (QED) is 0.766. The van der Waals surface area contributed by atoms with E-state index in [1.807, 2.05) is 12.1 Å². The summed E-state index contributed by atoms with van der Waals surface area (Å²) in [6, 6.07) is 9.01. The van der Waals surface area contributed by atoms with Gasteiger partial charge in [-0.15, -0.1) is 0 Å². The fraction of sp³-hybridized carbons (Fsp3) is 0.333. The standard InChI is InChI=1S/C15H18ClN3O2/c1-21-9-8-17-6-7-18-15(20)13-5-3-11-2-4-12(16)10-14(11)19-13/h2-5,10,17H,6-9H2,1H3,(H,18,20). The highest BCUT2D eigenvalue weighted by atomic mass is 35.5. The van der Waals surface area contributed by atoms with Crippen LogP contribution in [0, 0.1) is 0 Å². The van der Waals surface area contributed by atoms with E-state index in [4.69, 9.17) is 16.3 Å². The highest BCUT2D eigenvalue weighted by Crippen LogP contribution is 2.17. The summed E-state index contributed by atoms with van der Waals surface area (Å²) in [4.78, 5) is 16.3. The van der Waals surface area contributed by atoms with Gasteiger partial charge in [-0.05, 0) is 18.2 Å². The molecule has 21 heavy (non-hydrogen) atoms. The zero-order valence-corrected chi connectivity index (χ0v) is 12.6. The number of amides is 1. The van der Waals surface area contributed by atoms with Crippen LogP contribution in [0.2, 0.25) is 5.02 Å². The van der Waals surface area contributed by atoms with Crippen LogP contribution in [-0.2, 0) is 4.74 Å². The van der Waals surface area contributed by atoms with Gasteiger partial charge >= 0.3 is 0 Å². The third kappa shape index (κ3) is 4.67. The maximum Gasteiger partial charge on any atom is 0.269 e. The van der Waals surface area contributed by atoms with Crippen molar-refractivity contribution in [3.63, 3.8) is 0 Å². The van der Waals surface area contributed by atoms with Gasteiger partial charge < -0.3 is 15.4 Å². The van der Waals surface area contributed by atoms with Crippen molar-refractivity contribution in [2.75, 3.05) is 33.4 Å². The fourth-order valence-corrected chi connectivity index (χ4v) is 2.04. The number of nitrogens with one attached hydrogen (secondary N) is 2. The number of aromatic nitrogens is 1. The normalized spacial score (nSPS) is 10.8. The number of carbonyl (C=O) groups is 1. The lowest BCUT2D eigenvalue weighted by Gasteiger charge is -2.07. The van der Waals surface area contributed by atoms with Crippen LogP contribution in [0.5, 0.6) is 0 Å². The van der Waals surface area contributed by atoms with Gasteiger partial charge in [-0.25, -0.2) is 4.98 Å². The number of pyridine rings is 1. The molecule has 0 atom stereocenters. The summed E-state index contributed by atoms with van der Waals surface area (Å²) < 4.78 is 4.92. The van der Waals surface area contributed by atoms with E-state index in [1.54, 1.807) is 25.3 Å². The van der Waals surface area contributed by atoms with Gasteiger partial charge in [0.15, 0.2) is 0 Å². The van der Waals surface area contributed by atoms with Gasteiger partial charge in [0, 0.05) is 37.2 Å². The molecule has 0 saturated carbocycles. The molecule has 0 aliphatic rings. The van der Waals surface area contributed by atoms with Crippen LogP contribution in [0.15, 0.2) is 30.3 Å². The maximum atomic E-state index is 12.0. The van der Waals surface area contributed by atoms with Gasteiger partial charge in [0.2, 0.25) is 0 Å². The summed E-state index contributed by atoms with van der Waals surface area (Å²) in [6.07, 6.45) is 0. The Morgan fingerprint density at radius 2 is 2.05 bits per heavy atom. The van der Waals surface area contributed by atoms with Crippen LogP contribution in [0.3, 0.4) is 0 Å². The first kappa shape index (κ1) is 15.7. The van der Waals surface area contributed by atoms with E-state index in [9.17, 15) is 4.79 Å². The topological polar surface area (TPSA) is 63.2 Å². The predicted molar refractivity (Wildman–Crippen MR) is 83.8 cm³/mol. The zero-order chi connectivity index (χ0) is 15.1. The minimum absolute atomic E-state index is 0.189. The molecule has 2 rings (SSSR count). The van der Waals surface area contributed by atoms with Crippen molar-refractivity contribution in [1.82, 2.24) is 15.6 Å². The average Bonchev–Trinajstić information content (AvgIpc) is 2.49. The molecular weight excluding hydrogens is 290 g/mol. The number of hydrogen-bond donors (Lipinski definition) is 2. The van der Waals surface area contributed by atoms with Crippen LogP contribution in [0.25, 0.3) is 10.9 Å². The highest BCUT2D eigenvalue weighted by molar-refractivity contribution is 6.31. The van der Waals surface area contributed by atoms with Crippen LogP contribution >= 0.6 is 11.6 Å². The lowest BCUT2D eigenvalue weighted by molar-refractivity contribution is 0.0949. The Balaban J connectivity index is 1.90. The largest absolute Gasteiger partial charge is 0.383 e. The predicted octanol–water partition coefficient (Wildman–Crippen LogP) is 1.85. The van der Waals surface area contributed by atoms with Crippen LogP contribution < -0.4 is 10.6 Å². The second kappa shape index (κ2) is 7.93.